The number of allylic oxidation sites excluding steroid dienone is 5. The van der Waals surface area contributed by atoms with Gasteiger partial charge in [-0.2, -0.15) is 0 Å². The molecule has 4 rings (SSSR count). The molecule has 0 heterocycles. The van der Waals surface area contributed by atoms with E-state index in [-0.39, 0.29) is 6.10 Å². The molecule has 3 saturated carbocycles. The summed E-state index contributed by atoms with van der Waals surface area (Å²) in [7, 11) is 0. The molecule has 162 valence electrons. The summed E-state index contributed by atoms with van der Waals surface area (Å²) in [5.41, 5.74) is 5.22. The van der Waals surface area contributed by atoms with Crippen molar-refractivity contribution in [3.8, 4) is 0 Å². The lowest BCUT2D eigenvalue weighted by atomic mass is 9.57. The summed E-state index contributed by atoms with van der Waals surface area (Å²) in [5, 5.41) is 10.1. The minimum atomic E-state index is -0.133. The fourth-order valence-corrected chi connectivity index (χ4v) is 7.46. The van der Waals surface area contributed by atoms with E-state index in [9.17, 15) is 5.11 Å². The van der Waals surface area contributed by atoms with Crippen LogP contribution < -0.4 is 0 Å². The van der Waals surface area contributed by atoms with Gasteiger partial charge in [-0.25, -0.2) is 0 Å². The summed E-state index contributed by atoms with van der Waals surface area (Å²) in [6.07, 6.45) is 21.3. The molecule has 4 aliphatic carbocycles. The fraction of sp³-hybridized carbons (Fsp3) is 0.786. The van der Waals surface area contributed by atoms with Gasteiger partial charge in [0.15, 0.2) is 0 Å². The first-order valence-corrected chi connectivity index (χ1v) is 12.7. The molecule has 1 N–H and O–H groups in total. The molecule has 0 aromatic heterocycles. The number of fused-ring (bicyclic) bond motifs is 4. The second-order valence-electron chi connectivity index (χ2n) is 11.5. The Morgan fingerprint density at radius 2 is 1.86 bits per heavy atom. The highest BCUT2D eigenvalue weighted by Gasteiger charge is 2.52. The lowest BCUT2D eigenvalue weighted by Gasteiger charge is -2.47. The van der Waals surface area contributed by atoms with Crippen molar-refractivity contribution < 1.29 is 5.11 Å². The van der Waals surface area contributed by atoms with Gasteiger partial charge in [0, 0.05) is 0 Å². The monoisotopic (exact) mass is 396 g/mol. The number of aliphatic hydroxyl groups is 1. The van der Waals surface area contributed by atoms with E-state index in [1.807, 2.05) is 0 Å². The van der Waals surface area contributed by atoms with E-state index < -0.39 is 0 Å². The molecule has 0 unspecified atom stereocenters. The summed E-state index contributed by atoms with van der Waals surface area (Å²) in [6.45, 7) is 9.92. The zero-order valence-electron chi connectivity index (χ0n) is 19.4. The molecule has 0 saturated heterocycles. The zero-order chi connectivity index (χ0) is 20.6. The van der Waals surface area contributed by atoms with Crippen LogP contribution >= 0.6 is 0 Å². The van der Waals surface area contributed by atoms with Gasteiger partial charge in [0.1, 0.15) is 0 Å². The largest absolute Gasteiger partial charge is 0.393 e. The van der Waals surface area contributed by atoms with Crippen LogP contribution in [0.4, 0.5) is 0 Å². The minimum Gasteiger partial charge on any atom is -0.393 e. The van der Waals surface area contributed by atoms with Crippen molar-refractivity contribution in [2.24, 2.45) is 35.0 Å². The molecule has 0 radical (unpaired) electrons. The molecular weight excluding hydrogens is 352 g/mol. The third-order valence-electron chi connectivity index (χ3n) is 9.18. The van der Waals surface area contributed by atoms with E-state index in [4.69, 9.17) is 0 Å². The standard InChI is InChI=1S/C28H44O/c1-19(2)6-5-7-20(3)26-14-15-27-25-13-11-23-18-24(29)12-10-21(23)8-9-22(25)16-17-28(26,27)4/h8,11,13,19-20,22,24,26-27,29H,5-7,9-10,12,14-18H2,1-4H3/b21-8-,23-11-,25-13+/t20-,22-,24+,26-,27+,28-/m1/s1. The first-order chi connectivity index (χ1) is 13.9. The summed E-state index contributed by atoms with van der Waals surface area (Å²) in [5.74, 6) is 4.17. The Kier molecular flexibility index (Phi) is 6.45. The Hall–Kier alpha value is -0.820. The third-order valence-corrected chi connectivity index (χ3v) is 9.18. The van der Waals surface area contributed by atoms with Crippen LogP contribution in [0.2, 0.25) is 0 Å². The van der Waals surface area contributed by atoms with Crippen molar-refractivity contribution in [3.63, 3.8) is 0 Å². The van der Waals surface area contributed by atoms with Crippen molar-refractivity contribution in [2.75, 3.05) is 0 Å². The Morgan fingerprint density at radius 1 is 1.03 bits per heavy atom. The van der Waals surface area contributed by atoms with Crippen molar-refractivity contribution in [1.29, 1.82) is 0 Å². The number of hydrogen-bond donors (Lipinski definition) is 1. The van der Waals surface area contributed by atoms with Gasteiger partial charge in [-0.05, 0) is 97.5 Å². The minimum absolute atomic E-state index is 0.133. The summed E-state index contributed by atoms with van der Waals surface area (Å²) in [6, 6.07) is 0. The second-order valence-corrected chi connectivity index (χ2v) is 11.5. The van der Waals surface area contributed by atoms with Crippen molar-refractivity contribution in [1.82, 2.24) is 0 Å². The quantitative estimate of drug-likeness (QED) is 0.506. The molecular formula is C28H44O. The Balaban J connectivity index is 1.52. The molecule has 0 bridgehead atoms. The number of aliphatic hydroxyl groups excluding tert-OH is 1. The fourth-order valence-electron chi connectivity index (χ4n) is 7.46. The molecule has 29 heavy (non-hydrogen) atoms. The average molecular weight is 397 g/mol. The van der Waals surface area contributed by atoms with Crippen LogP contribution in [-0.4, -0.2) is 11.2 Å². The highest BCUT2D eigenvalue weighted by Crippen LogP contribution is 2.61. The van der Waals surface area contributed by atoms with E-state index in [0.29, 0.717) is 5.41 Å². The lowest BCUT2D eigenvalue weighted by molar-refractivity contribution is 0.0783. The van der Waals surface area contributed by atoms with Crippen LogP contribution in [0.25, 0.3) is 0 Å². The van der Waals surface area contributed by atoms with Gasteiger partial charge < -0.3 is 5.11 Å². The van der Waals surface area contributed by atoms with Crippen LogP contribution in [0.1, 0.15) is 98.3 Å². The van der Waals surface area contributed by atoms with E-state index >= 15 is 0 Å². The van der Waals surface area contributed by atoms with E-state index in [1.54, 1.807) is 5.57 Å². The van der Waals surface area contributed by atoms with Crippen molar-refractivity contribution in [2.45, 2.75) is 104 Å². The molecule has 4 aliphatic rings. The predicted octanol–water partition coefficient (Wildman–Crippen LogP) is 7.62. The first kappa shape index (κ1) is 21.4. The van der Waals surface area contributed by atoms with Gasteiger partial charge in [0.2, 0.25) is 0 Å². The molecule has 1 nitrogen and oxygen atoms in total. The number of hydrogen-bond acceptors (Lipinski definition) is 1. The zero-order valence-corrected chi connectivity index (χ0v) is 19.4. The van der Waals surface area contributed by atoms with Crippen LogP contribution in [0.3, 0.4) is 0 Å². The molecule has 0 aromatic rings. The maximum absolute atomic E-state index is 10.1. The third kappa shape index (κ3) is 4.32. The average Bonchev–Trinajstić information content (AvgIpc) is 3.01. The molecule has 3 fully saturated rings. The number of rotatable bonds is 5. The maximum atomic E-state index is 10.1. The smallest absolute Gasteiger partial charge is 0.0583 e. The van der Waals surface area contributed by atoms with E-state index in [0.717, 1.165) is 48.9 Å². The lowest BCUT2D eigenvalue weighted by Crippen LogP contribution is -2.39. The Morgan fingerprint density at radius 3 is 2.66 bits per heavy atom. The van der Waals surface area contributed by atoms with Crippen LogP contribution in [0, 0.1) is 35.0 Å². The Bertz CT molecular complexity index is 680. The van der Waals surface area contributed by atoms with Crippen molar-refractivity contribution in [3.05, 3.63) is 34.9 Å². The maximum Gasteiger partial charge on any atom is 0.0583 e. The Labute approximate surface area is 179 Å². The van der Waals surface area contributed by atoms with Gasteiger partial charge in [-0.1, -0.05) is 70.8 Å². The predicted molar refractivity (Wildman–Crippen MR) is 124 cm³/mol. The summed E-state index contributed by atoms with van der Waals surface area (Å²) >= 11 is 0. The van der Waals surface area contributed by atoms with Gasteiger partial charge >= 0.3 is 0 Å². The normalized spacial score (nSPS) is 43.4. The van der Waals surface area contributed by atoms with Crippen LogP contribution in [-0.2, 0) is 0 Å². The SMILES string of the molecule is CC(C)CCC[C@@H](C)[C@H]1CC[C@H]2/C3=C/C=C4/C[C@@H](O)CC/C4=C/C[C@@H]3CC[C@]12C. The van der Waals surface area contributed by atoms with Gasteiger partial charge in [0.25, 0.3) is 0 Å². The summed E-state index contributed by atoms with van der Waals surface area (Å²) in [4.78, 5) is 0. The molecule has 6 atom stereocenters. The molecule has 1 heteroatoms. The van der Waals surface area contributed by atoms with Gasteiger partial charge in [-0.15, -0.1) is 0 Å². The highest BCUT2D eigenvalue weighted by molar-refractivity contribution is 5.40. The van der Waals surface area contributed by atoms with E-state index in [2.05, 4.69) is 45.9 Å². The molecule has 0 spiro atoms. The van der Waals surface area contributed by atoms with Crippen LogP contribution in [0.15, 0.2) is 34.9 Å². The molecule has 0 aromatic carbocycles. The van der Waals surface area contributed by atoms with Gasteiger partial charge in [-0.3, -0.25) is 0 Å². The molecule has 0 aliphatic heterocycles. The first-order valence-electron chi connectivity index (χ1n) is 12.7. The highest BCUT2D eigenvalue weighted by atomic mass is 16.3. The van der Waals surface area contributed by atoms with Crippen molar-refractivity contribution >= 4 is 0 Å². The topological polar surface area (TPSA) is 20.2 Å². The van der Waals surface area contributed by atoms with Crippen LogP contribution in [0.5, 0.6) is 0 Å². The van der Waals surface area contributed by atoms with E-state index in [1.165, 1.54) is 62.5 Å². The molecule has 0 amide bonds. The van der Waals surface area contributed by atoms with Gasteiger partial charge in [0.05, 0.1) is 6.10 Å². The second kappa shape index (κ2) is 8.74. The summed E-state index contributed by atoms with van der Waals surface area (Å²) < 4.78 is 0.